The molecule has 0 aliphatic carbocycles. The molecule has 1 fully saturated rings. The number of amides is 2. The van der Waals surface area contributed by atoms with Crippen molar-refractivity contribution in [2.24, 2.45) is 7.05 Å². The van der Waals surface area contributed by atoms with Gasteiger partial charge in [0.25, 0.3) is 5.91 Å². The van der Waals surface area contributed by atoms with Gasteiger partial charge in [0, 0.05) is 49.9 Å². The fourth-order valence-electron chi connectivity index (χ4n) is 3.72. The van der Waals surface area contributed by atoms with Crippen LogP contribution in [0.2, 0.25) is 0 Å². The quantitative estimate of drug-likeness (QED) is 0.667. The summed E-state index contributed by atoms with van der Waals surface area (Å²) in [6.45, 7) is 5.97. The second-order valence-corrected chi connectivity index (χ2v) is 7.32. The topological polar surface area (TPSA) is 80.6 Å². The van der Waals surface area contributed by atoms with Crippen molar-refractivity contribution in [1.82, 2.24) is 24.6 Å². The first-order valence-corrected chi connectivity index (χ1v) is 10.1. The molecule has 8 nitrogen and oxygen atoms in total. The van der Waals surface area contributed by atoms with E-state index in [1.54, 1.807) is 27.6 Å². The molecule has 0 unspecified atom stereocenters. The van der Waals surface area contributed by atoms with Gasteiger partial charge in [-0.1, -0.05) is 18.2 Å². The molecule has 30 heavy (non-hydrogen) atoms. The third-order valence-corrected chi connectivity index (χ3v) is 5.55. The van der Waals surface area contributed by atoms with Gasteiger partial charge < -0.3 is 14.5 Å². The molecule has 0 bridgehead atoms. The first-order valence-electron chi connectivity index (χ1n) is 10.1. The van der Waals surface area contributed by atoms with Crippen molar-refractivity contribution in [1.29, 1.82) is 0 Å². The van der Waals surface area contributed by atoms with Crippen LogP contribution in [-0.4, -0.2) is 69.4 Å². The number of nitrogens with zero attached hydrogens (tertiary/aromatic N) is 5. The number of benzene rings is 1. The van der Waals surface area contributed by atoms with E-state index >= 15 is 0 Å². The van der Waals surface area contributed by atoms with Gasteiger partial charge in [-0.15, -0.1) is 0 Å². The van der Waals surface area contributed by atoms with Crippen LogP contribution in [0.4, 0.5) is 4.79 Å². The van der Waals surface area contributed by atoms with Crippen molar-refractivity contribution < 1.29 is 14.3 Å². The van der Waals surface area contributed by atoms with Gasteiger partial charge in [0.15, 0.2) is 0 Å². The van der Waals surface area contributed by atoms with Crippen LogP contribution >= 0.6 is 0 Å². The molecule has 3 heterocycles. The number of piperazine rings is 1. The minimum absolute atomic E-state index is 0.0556. The van der Waals surface area contributed by atoms with E-state index in [0.29, 0.717) is 38.3 Å². The average Bonchev–Trinajstić information content (AvgIpc) is 3.11. The maximum absolute atomic E-state index is 13.4. The summed E-state index contributed by atoms with van der Waals surface area (Å²) in [7, 11) is 1.88. The first-order chi connectivity index (χ1) is 14.5. The highest BCUT2D eigenvalue weighted by Gasteiger charge is 2.27. The van der Waals surface area contributed by atoms with E-state index in [9.17, 15) is 9.59 Å². The van der Waals surface area contributed by atoms with Crippen LogP contribution < -0.4 is 0 Å². The molecule has 1 aromatic carbocycles. The van der Waals surface area contributed by atoms with E-state index < -0.39 is 0 Å². The van der Waals surface area contributed by atoms with Crippen molar-refractivity contribution in [3.63, 3.8) is 0 Å². The summed E-state index contributed by atoms with van der Waals surface area (Å²) in [6.07, 6.45) is 1.45. The zero-order chi connectivity index (χ0) is 21.3. The fraction of sp³-hybridized carbons (Fsp3) is 0.364. The molecule has 2 aromatic heterocycles. The van der Waals surface area contributed by atoms with Gasteiger partial charge >= 0.3 is 6.09 Å². The van der Waals surface area contributed by atoms with Gasteiger partial charge in [-0.05, 0) is 26.0 Å². The SMILES string of the molecule is CCOC(=O)N1CCN(C(=O)c2cc(-c3cnn(C)c3C)nc3ccccc23)CC1. The van der Waals surface area contributed by atoms with Crippen LogP contribution in [-0.2, 0) is 11.8 Å². The van der Waals surface area contributed by atoms with Crippen molar-refractivity contribution in [3.05, 3.63) is 47.8 Å². The Hall–Kier alpha value is -3.42. The Bertz CT molecular complexity index is 1100. The highest BCUT2D eigenvalue weighted by molar-refractivity contribution is 6.07. The fourth-order valence-corrected chi connectivity index (χ4v) is 3.72. The molecule has 0 spiro atoms. The molecular weight excluding hydrogens is 382 g/mol. The zero-order valence-electron chi connectivity index (χ0n) is 17.5. The minimum atomic E-state index is -0.326. The number of carbonyl (C=O) groups excluding carboxylic acids is 2. The molecule has 1 aliphatic rings. The lowest BCUT2D eigenvalue weighted by molar-refractivity contribution is 0.0572. The van der Waals surface area contributed by atoms with Gasteiger partial charge in [-0.2, -0.15) is 5.10 Å². The number of pyridine rings is 1. The molecule has 1 saturated heterocycles. The van der Waals surface area contributed by atoms with Gasteiger partial charge in [-0.3, -0.25) is 9.48 Å². The zero-order valence-corrected chi connectivity index (χ0v) is 17.5. The van der Waals surface area contributed by atoms with Crippen LogP contribution in [0.25, 0.3) is 22.2 Å². The van der Waals surface area contributed by atoms with Crippen LogP contribution in [0, 0.1) is 6.92 Å². The van der Waals surface area contributed by atoms with E-state index in [2.05, 4.69) is 5.10 Å². The highest BCUT2D eigenvalue weighted by atomic mass is 16.6. The van der Waals surface area contributed by atoms with E-state index in [1.165, 1.54) is 0 Å². The van der Waals surface area contributed by atoms with E-state index in [1.807, 2.05) is 44.3 Å². The number of aromatic nitrogens is 3. The van der Waals surface area contributed by atoms with Gasteiger partial charge in [-0.25, -0.2) is 9.78 Å². The van der Waals surface area contributed by atoms with Crippen molar-refractivity contribution in [2.75, 3.05) is 32.8 Å². The maximum atomic E-state index is 13.4. The number of aryl methyl sites for hydroxylation is 1. The van der Waals surface area contributed by atoms with E-state index in [0.717, 1.165) is 27.9 Å². The standard InChI is InChI=1S/C22H25N5O3/c1-4-30-22(29)27-11-9-26(10-12-27)21(28)17-13-20(18-14-23-25(3)15(18)2)24-19-8-6-5-7-16(17)19/h5-8,13-14H,4,9-12H2,1-3H3. The second-order valence-electron chi connectivity index (χ2n) is 7.32. The summed E-state index contributed by atoms with van der Waals surface area (Å²) in [5.74, 6) is -0.0556. The average molecular weight is 407 g/mol. The lowest BCUT2D eigenvalue weighted by Crippen LogP contribution is -2.50. The molecule has 8 heteroatoms. The number of ether oxygens (including phenoxy) is 1. The lowest BCUT2D eigenvalue weighted by atomic mass is 10.0. The Labute approximate surface area is 175 Å². The number of rotatable bonds is 3. The Morgan fingerprint density at radius 3 is 2.47 bits per heavy atom. The molecule has 1 aliphatic heterocycles. The van der Waals surface area contributed by atoms with Crippen LogP contribution in [0.1, 0.15) is 23.0 Å². The Kier molecular flexibility index (Phi) is 5.39. The Morgan fingerprint density at radius 1 is 1.10 bits per heavy atom. The number of fused-ring (bicyclic) bond motifs is 1. The summed E-state index contributed by atoms with van der Waals surface area (Å²) in [4.78, 5) is 33.6. The van der Waals surface area contributed by atoms with Gasteiger partial charge in [0.2, 0.25) is 0 Å². The monoisotopic (exact) mass is 407 g/mol. The van der Waals surface area contributed by atoms with Crippen LogP contribution in [0.15, 0.2) is 36.5 Å². The van der Waals surface area contributed by atoms with Gasteiger partial charge in [0.1, 0.15) is 0 Å². The van der Waals surface area contributed by atoms with E-state index in [-0.39, 0.29) is 12.0 Å². The largest absolute Gasteiger partial charge is 0.450 e. The highest BCUT2D eigenvalue weighted by Crippen LogP contribution is 2.27. The van der Waals surface area contributed by atoms with Crippen LogP contribution in [0.3, 0.4) is 0 Å². The number of hydrogen-bond acceptors (Lipinski definition) is 5. The third kappa shape index (κ3) is 3.60. The van der Waals surface area contributed by atoms with E-state index in [4.69, 9.17) is 9.72 Å². The minimum Gasteiger partial charge on any atom is -0.450 e. The Morgan fingerprint density at radius 2 is 1.80 bits per heavy atom. The summed E-state index contributed by atoms with van der Waals surface area (Å²) in [6, 6.07) is 9.52. The molecular formula is C22H25N5O3. The third-order valence-electron chi connectivity index (χ3n) is 5.55. The number of carbonyl (C=O) groups is 2. The predicted octanol–water partition coefficient (Wildman–Crippen LogP) is 2.86. The smallest absolute Gasteiger partial charge is 0.409 e. The first kappa shape index (κ1) is 19.9. The summed E-state index contributed by atoms with van der Waals surface area (Å²) >= 11 is 0. The molecule has 0 radical (unpaired) electrons. The lowest BCUT2D eigenvalue weighted by Gasteiger charge is -2.34. The molecule has 156 valence electrons. The van der Waals surface area contributed by atoms with Crippen molar-refractivity contribution >= 4 is 22.9 Å². The molecule has 0 saturated carbocycles. The normalized spacial score (nSPS) is 14.2. The number of hydrogen-bond donors (Lipinski definition) is 0. The van der Waals surface area contributed by atoms with Crippen molar-refractivity contribution in [3.8, 4) is 11.3 Å². The molecule has 0 N–H and O–H groups in total. The molecule has 2 amide bonds. The van der Waals surface area contributed by atoms with Crippen molar-refractivity contribution in [2.45, 2.75) is 13.8 Å². The Balaban J connectivity index is 1.66. The van der Waals surface area contributed by atoms with Gasteiger partial charge in [0.05, 0.1) is 29.6 Å². The maximum Gasteiger partial charge on any atom is 0.409 e. The number of para-hydroxylation sites is 1. The molecule has 3 aromatic rings. The molecule has 0 atom stereocenters. The van der Waals surface area contributed by atoms with Crippen LogP contribution in [0.5, 0.6) is 0 Å². The molecule has 4 rings (SSSR count). The summed E-state index contributed by atoms with van der Waals surface area (Å²) < 4.78 is 6.86. The summed E-state index contributed by atoms with van der Waals surface area (Å²) in [5.41, 5.74) is 4.01. The summed E-state index contributed by atoms with van der Waals surface area (Å²) in [5, 5.41) is 5.13. The second kappa shape index (κ2) is 8.14. The predicted molar refractivity (Wildman–Crippen MR) is 113 cm³/mol.